The molecule has 1 aliphatic rings. The van der Waals surface area contributed by atoms with Crippen molar-refractivity contribution in [1.82, 2.24) is 15.6 Å². The molecule has 3 N–H and O–H groups in total. The van der Waals surface area contributed by atoms with Gasteiger partial charge in [-0.15, -0.1) is 11.3 Å². The summed E-state index contributed by atoms with van der Waals surface area (Å²) in [4.78, 5) is 29.7. The van der Waals surface area contributed by atoms with Crippen molar-refractivity contribution >= 4 is 33.5 Å². The Balaban J connectivity index is 1.52. The molecule has 1 unspecified atom stereocenters. The van der Waals surface area contributed by atoms with Gasteiger partial charge in [0, 0.05) is 6.04 Å². The predicted molar refractivity (Wildman–Crippen MR) is 98.7 cm³/mol. The molecule has 1 aromatic heterocycles. The monoisotopic (exact) mass is 361 g/mol. The Hall–Kier alpha value is -1.99. The van der Waals surface area contributed by atoms with E-state index in [1.807, 2.05) is 25.2 Å². The van der Waals surface area contributed by atoms with Gasteiger partial charge < -0.3 is 10.2 Å². The second kappa shape index (κ2) is 7.93. The van der Waals surface area contributed by atoms with E-state index in [1.54, 1.807) is 11.3 Å². The number of nitrogens with one attached hydrogen (secondary N) is 3. The molecule has 25 heavy (non-hydrogen) atoms. The number of urea groups is 1. The summed E-state index contributed by atoms with van der Waals surface area (Å²) in [5.41, 5.74) is 0.988. The van der Waals surface area contributed by atoms with Gasteiger partial charge in [-0.1, -0.05) is 25.0 Å². The quantitative estimate of drug-likeness (QED) is 0.758. The van der Waals surface area contributed by atoms with Crippen LogP contribution in [0.2, 0.25) is 0 Å². The van der Waals surface area contributed by atoms with E-state index in [-0.39, 0.29) is 30.6 Å². The van der Waals surface area contributed by atoms with E-state index in [4.69, 9.17) is 0 Å². The first-order valence-corrected chi connectivity index (χ1v) is 9.62. The lowest BCUT2D eigenvalue weighted by Gasteiger charge is -2.19. The van der Waals surface area contributed by atoms with Crippen molar-refractivity contribution in [3.05, 3.63) is 29.3 Å². The van der Waals surface area contributed by atoms with E-state index >= 15 is 0 Å². The Morgan fingerprint density at radius 1 is 1.32 bits per heavy atom. The number of hydrogen-bond donors (Lipinski definition) is 3. The van der Waals surface area contributed by atoms with Gasteiger partial charge in [-0.3, -0.25) is 10.1 Å². The zero-order valence-corrected chi connectivity index (χ0v) is 15.5. The summed E-state index contributed by atoms with van der Waals surface area (Å²) < 4.78 is 1.15. The fourth-order valence-corrected chi connectivity index (χ4v) is 4.27. The Bertz CT molecular complexity index is 721. The molecule has 2 aromatic rings. The third-order valence-electron chi connectivity index (χ3n) is 4.80. The highest BCUT2D eigenvalue weighted by Gasteiger charge is 2.24. The molecule has 1 heterocycles. The molecule has 3 rings (SSSR count). The maximum Gasteiger partial charge on any atom is 0.321 e. The van der Waals surface area contributed by atoms with Gasteiger partial charge in [0.1, 0.15) is 6.04 Å². The molecule has 1 saturated carbocycles. The van der Waals surface area contributed by atoms with Crippen LogP contribution in [0, 0.1) is 0 Å². The molecule has 1 fully saturated rings. The second-order valence-corrected chi connectivity index (χ2v) is 7.83. The number of carbonyl (C=O) groups excluding carboxylic acids is 2. The molecule has 0 spiro atoms. The number of para-hydroxylation sites is 1. The smallest absolute Gasteiger partial charge is 0.321 e. The molecule has 1 aromatic carbocycles. The van der Waals surface area contributed by atoms with Crippen LogP contribution in [0.25, 0.3) is 10.2 Å². The number of aromatic nitrogens is 1. The van der Waals surface area contributed by atoms with Gasteiger partial charge in [0.15, 0.2) is 11.6 Å². The van der Waals surface area contributed by atoms with Gasteiger partial charge in [0.2, 0.25) is 0 Å². The Morgan fingerprint density at radius 3 is 2.76 bits per heavy atom. The van der Waals surface area contributed by atoms with Crippen molar-refractivity contribution in [2.75, 3.05) is 13.6 Å². The average molecular weight is 361 g/mol. The third-order valence-corrected chi connectivity index (χ3v) is 6.02. The van der Waals surface area contributed by atoms with Crippen LogP contribution in [0.3, 0.4) is 0 Å². The lowest BCUT2D eigenvalue weighted by Crippen LogP contribution is -3.10. The lowest BCUT2D eigenvalue weighted by molar-refractivity contribution is -0.902. The number of likely N-dealkylation sites (N-methyl/N-ethyl adjacent to an activating group) is 1. The zero-order chi connectivity index (χ0) is 17.8. The fourth-order valence-electron chi connectivity index (χ4n) is 3.15. The number of amides is 3. The average Bonchev–Trinajstić information content (AvgIpc) is 3.22. The SMILES string of the molecule is C[C@H](c1nc2ccccc2s1)[NH+](C)CC(=O)NC(=O)NC1CCCC1. The first-order valence-electron chi connectivity index (χ1n) is 8.81. The zero-order valence-electron chi connectivity index (χ0n) is 14.7. The van der Waals surface area contributed by atoms with Crippen LogP contribution in [-0.2, 0) is 4.79 Å². The van der Waals surface area contributed by atoms with Gasteiger partial charge >= 0.3 is 6.03 Å². The number of nitrogens with zero attached hydrogens (tertiary/aromatic N) is 1. The maximum absolute atomic E-state index is 12.1. The van der Waals surface area contributed by atoms with E-state index in [2.05, 4.69) is 28.6 Å². The molecule has 134 valence electrons. The summed E-state index contributed by atoms with van der Waals surface area (Å²) in [7, 11) is 1.95. The van der Waals surface area contributed by atoms with Crippen LogP contribution in [0.1, 0.15) is 43.7 Å². The van der Waals surface area contributed by atoms with Crippen molar-refractivity contribution in [2.45, 2.75) is 44.7 Å². The highest BCUT2D eigenvalue weighted by atomic mass is 32.1. The van der Waals surface area contributed by atoms with Crippen molar-refractivity contribution in [3.63, 3.8) is 0 Å². The summed E-state index contributed by atoms with van der Waals surface area (Å²) in [5, 5.41) is 6.32. The van der Waals surface area contributed by atoms with Crippen LogP contribution in [0.15, 0.2) is 24.3 Å². The standard InChI is InChI=1S/C18H24N4O2S/c1-12(17-20-14-9-5-6-10-15(14)25-17)22(2)11-16(23)21-18(24)19-13-7-3-4-8-13/h5-6,9-10,12-13H,3-4,7-8,11H2,1-2H3,(H2,19,21,23,24)/p+1/t12-/m1/s1. The van der Waals surface area contributed by atoms with Crippen molar-refractivity contribution < 1.29 is 14.5 Å². The minimum Gasteiger partial charge on any atom is -0.335 e. The number of carbonyl (C=O) groups is 2. The number of imide groups is 1. The molecule has 0 saturated heterocycles. The summed E-state index contributed by atoms with van der Waals surface area (Å²) >= 11 is 1.65. The Labute approximate surface area is 151 Å². The van der Waals surface area contributed by atoms with Gasteiger partial charge in [-0.25, -0.2) is 9.78 Å². The first kappa shape index (κ1) is 17.8. The number of hydrogen-bond acceptors (Lipinski definition) is 4. The first-order chi connectivity index (χ1) is 12.0. The number of thiazole rings is 1. The third kappa shape index (κ3) is 4.55. The van der Waals surface area contributed by atoms with Crippen LogP contribution >= 0.6 is 11.3 Å². The van der Waals surface area contributed by atoms with E-state index in [9.17, 15) is 9.59 Å². The largest absolute Gasteiger partial charge is 0.335 e. The molecule has 6 nitrogen and oxygen atoms in total. The van der Waals surface area contributed by atoms with Gasteiger partial charge in [0.25, 0.3) is 5.91 Å². The predicted octanol–water partition coefficient (Wildman–Crippen LogP) is 1.64. The topological polar surface area (TPSA) is 75.5 Å². The maximum atomic E-state index is 12.1. The van der Waals surface area contributed by atoms with Crippen LogP contribution in [-0.4, -0.2) is 36.6 Å². The summed E-state index contributed by atoms with van der Waals surface area (Å²) in [6.07, 6.45) is 4.29. The van der Waals surface area contributed by atoms with E-state index < -0.39 is 0 Å². The fraction of sp³-hybridized carbons (Fsp3) is 0.500. The summed E-state index contributed by atoms with van der Waals surface area (Å²) in [5.74, 6) is -0.263. The van der Waals surface area contributed by atoms with E-state index in [0.717, 1.165) is 45.8 Å². The number of fused-ring (bicyclic) bond motifs is 1. The molecule has 1 aliphatic carbocycles. The molecular weight excluding hydrogens is 336 g/mol. The van der Waals surface area contributed by atoms with E-state index in [0.29, 0.717) is 0 Å². The van der Waals surface area contributed by atoms with Crippen LogP contribution in [0.5, 0.6) is 0 Å². The van der Waals surface area contributed by atoms with Crippen molar-refractivity contribution in [1.29, 1.82) is 0 Å². The van der Waals surface area contributed by atoms with Gasteiger partial charge in [0.05, 0.1) is 17.3 Å². The van der Waals surface area contributed by atoms with Crippen LogP contribution < -0.4 is 15.5 Å². The molecular formula is C18H25N4O2S+. The highest BCUT2D eigenvalue weighted by Crippen LogP contribution is 2.24. The van der Waals surface area contributed by atoms with Crippen LogP contribution in [0.4, 0.5) is 4.79 Å². The normalized spacial score (nSPS) is 17.4. The van der Waals surface area contributed by atoms with Gasteiger partial charge in [-0.2, -0.15) is 0 Å². The van der Waals surface area contributed by atoms with E-state index in [1.165, 1.54) is 0 Å². The number of benzene rings is 1. The molecule has 2 atom stereocenters. The second-order valence-electron chi connectivity index (χ2n) is 6.77. The highest BCUT2D eigenvalue weighted by molar-refractivity contribution is 7.18. The molecule has 3 amide bonds. The summed E-state index contributed by atoms with van der Waals surface area (Å²) in [6, 6.07) is 7.94. The van der Waals surface area contributed by atoms with Crippen molar-refractivity contribution in [2.24, 2.45) is 0 Å². The van der Waals surface area contributed by atoms with Gasteiger partial charge in [-0.05, 0) is 31.9 Å². The molecule has 0 aliphatic heterocycles. The Morgan fingerprint density at radius 2 is 2.04 bits per heavy atom. The van der Waals surface area contributed by atoms with Crippen molar-refractivity contribution in [3.8, 4) is 0 Å². The minimum absolute atomic E-state index is 0.0843. The molecule has 0 radical (unpaired) electrons. The Kier molecular flexibility index (Phi) is 5.65. The molecule has 0 bridgehead atoms. The number of rotatable bonds is 5. The summed E-state index contributed by atoms with van der Waals surface area (Å²) in [6.45, 7) is 2.29. The minimum atomic E-state index is -0.377. The number of quaternary nitrogens is 1. The lowest BCUT2D eigenvalue weighted by atomic mass is 10.2. The molecule has 7 heteroatoms.